The minimum absolute atomic E-state index is 0.0366. The summed E-state index contributed by atoms with van der Waals surface area (Å²) in [7, 11) is 0. The molecule has 0 radical (unpaired) electrons. The quantitative estimate of drug-likeness (QED) is 0.211. The standard InChI is InChI=1S/C27H27ClN6O5S/c1-2-15-39-22-10-7-19(8-11-22)31-25(35)16-23-26(36)33(27(40-23)32-20-5-3-18(28)4-6-20)14-13-29-24-12-9-21(17-30-24)34(37)38/h3-12,17,23H,2,13-16H2,1H3,(H,29,30)(H,31,35). The third kappa shape index (κ3) is 7.93. The van der Waals surface area contributed by atoms with Gasteiger partial charge in [-0.1, -0.05) is 30.3 Å². The molecule has 0 spiro atoms. The Kier molecular flexibility index (Phi) is 9.92. The van der Waals surface area contributed by atoms with Crippen molar-refractivity contribution in [1.82, 2.24) is 9.88 Å². The molecule has 4 rings (SSSR count). The molecule has 0 aliphatic carbocycles. The maximum Gasteiger partial charge on any atom is 0.287 e. The van der Waals surface area contributed by atoms with Crippen LogP contribution in [-0.4, -0.2) is 56.7 Å². The van der Waals surface area contributed by atoms with Crippen LogP contribution in [-0.2, 0) is 9.59 Å². The molecule has 1 unspecified atom stereocenters. The molecular weight excluding hydrogens is 556 g/mol. The van der Waals surface area contributed by atoms with Gasteiger partial charge in [0.1, 0.15) is 23.0 Å². The molecule has 3 aromatic rings. The summed E-state index contributed by atoms with van der Waals surface area (Å²) in [6, 6.07) is 16.8. The van der Waals surface area contributed by atoms with Crippen molar-refractivity contribution in [2.45, 2.75) is 25.0 Å². The highest BCUT2D eigenvalue weighted by atomic mass is 35.5. The highest BCUT2D eigenvalue weighted by Gasteiger charge is 2.39. The normalized spacial score (nSPS) is 15.8. The van der Waals surface area contributed by atoms with Crippen LogP contribution in [0.4, 0.5) is 22.9 Å². The van der Waals surface area contributed by atoms with Crippen molar-refractivity contribution in [3.63, 3.8) is 0 Å². The van der Waals surface area contributed by atoms with Crippen LogP contribution in [0.2, 0.25) is 5.02 Å². The second kappa shape index (κ2) is 13.8. The van der Waals surface area contributed by atoms with Gasteiger partial charge in [0.25, 0.3) is 5.69 Å². The van der Waals surface area contributed by atoms with E-state index in [-0.39, 0.29) is 30.5 Å². The number of carbonyl (C=O) groups is 2. The molecule has 1 aliphatic heterocycles. The minimum Gasteiger partial charge on any atom is -0.494 e. The fourth-order valence-electron chi connectivity index (χ4n) is 3.69. The van der Waals surface area contributed by atoms with Gasteiger partial charge in [0.2, 0.25) is 11.8 Å². The number of nitrogens with one attached hydrogen (secondary N) is 2. The average molecular weight is 583 g/mol. The van der Waals surface area contributed by atoms with Crippen LogP contribution in [0.3, 0.4) is 0 Å². The molecule has 208 valence electrons. The lowest BCUT2D eigenvalue weighted by Crippen LogP contribution is -2.36. The number of nitro groups is 1. The van der Waals surface area contributed by atoms with Gasteiger partial charge in [-0.3, -0.25) is 24.6 Å². The highest BCUT2D eigenvalue weighted by molar-refractivity contribution is 8.15. The number of hydrogen-bond donors (Lipinski definition) is 2. The Hall–Kier alpha value is -4.16. The number of anilines is 2. The molecule has 1 aromatic heterocycles. The fourth-order valence-corrected chi connectivity index (χ4v) is 5.00. The summed E-state index contributed by atoms with van der Waals surface area (Å²) >= 11 is 7.21. The third-order valence-corrected chi connectivity index (χ3v) is 7.08. The largest absolute Gasteiger partial charge is 0.494 e. The van der Waals surface area contributed by atoms with Gasteiger partial charge in [-0.2, -0.15) is 0 Å². The van der Waals surface area contributed by atoms with Crippen LogP contribution in [0, 0.1) is 10.1 Å². The Bertz CT molecular complexity index is 1370. The first-order valence-corrected chi connectivity index (χ1v) is 13.8. The summed E-state index contributed by atoms with van der Waals surface area (Å²) in [6.45, 7) is 3.19. The van der Waals surface area contributed by atoms with Crippen molar-refractivity contribution < 1.29 is 19.2 Å². The van der Waals surface area contributed by atoms with Crippen LogP contribution in [0.15, 0.2) is 71.9 Å². The summed E-state index contributed by atoms with van der Waals surface area (Å²) in [5.41, 5.74) is 1.11. The van der Waals surface area contributed by atoms with Gasteiger partial charge in [-0.05, 0) is 61.0 Å². The molecule has 2 aromatic carbocycles. The van der Waals surface area contributed by atoms with Gasteiger partial charge < -0.3 is 15.4 Å². The maximum absolute atomic E-state index is 13.3. The topological polar surface area (TPSA) is 139 Å². The molecule has 1 fully saturated rings. The van der Waals surface area contributed by atoms with Crippen molar-refractivity contribution >= 4 is 63.2 Å². The van der Waals surface area contributed by atoms with E-state index in [1.165, 1.54) is 28.8 Å². The van der Waals surface area contributed by atoms with E-state index in [4.69, 9.17) is 16.3 Å². The summed E-state index contributed by atoms with van der Waals surface area (Å²) in [5.74, 6) is 0.615. The zero-order chi connectivity index (χ0) is 28.5. The number of hydrogen-bond acceptors (Lipinski definition) is 9. The number of halogens is 1. The molecule has 0 bridgehead atoms. The number of ether oxygens (including phenoxy) is 1. The predicted molar refractivity (Wildman–Crippen MR) is 156 cm³/mol. The number of amidine groups is 1. The molecule has 40 heavy (non-hydrogen) atoms. The number of carbonyl (C=O) groups excluding carboxylic acids is 2. The van der Waals surface area contributed by atoms with E-state index in [9.17, 15) is 19.7 Å². The Morgan fingerprint density at radius 1 is 1.18 bits per heavy atom. The zero-order valence-electron chi connectivity index (χ0n) is 21.6. The molecular formula is C27H27ClN6O5S. The predicted octanol–water partition coefficient (Wildman–Crippen LogP) is 5.50. The van der Waals surface area contributed by atoms with E-state index in [2.05, 4.69) is 20.6 Å². The van der Waals surface area contributed by atoms with Crippen LogP contribution < -0.4 is 15.4 Å². The number of aliphatic imine (C=N–C) groups is 1. The van der Waals surface area contributed by atoms with Crippen LogP contribution >= 0.6 is 23.4 Å². The molecule has 1 aliphatic rings. The number of thioether (sulfide) groups is 1. The summed E-state index contributed by atoms with van der Waals surface area (Å²) in [4.78, 5) is 46.6. The van der Waals surface area contributed by atoms with Gasteiger partial charge in [-0.15, -0.1) is 0 Å². The minimum atomic E-state index is -0.657. The molecule has 2 heterocycles. The van der Waals surface area contributed by atoms with E-state index in [1.54, 1.807) is 48.5 Å². The van der Waals surface area contributed by atoms with Gasteiger partial charge in [0.15, 0.2) is 5.17 Å². The molecule has 13 heteroatoms. The Balaban J connectivity index is 1.41. The van der Waals surface area contributed by atoms with E-state index < -0.39 is 10.2 Å². The summed E-state index contributed by atoms with van der Waals surface area (Å²) in [5, 5.41) is 17.1. The third-order valence-electron chi connectivity index (χ3n) is 5.65. The molecule has 11 nitrogen and oxygen atoms in total. The van der Waals surface area contributed by atoms with E-state index in [0.717, 1.165) is 18.4 Å². The van der Waals surface area contributed by atoms with E-state index in [0.29, 0.717) is 40.5 Å². The van der Waals surface area contributed by atoms with Crippen molar-refractivity contribution in [1.29, 1.82) is 0 Å². The molecule has 1 saturated heterocycles. The Morgan fingerprint density at radius 3 is 2.58 bits per heavy atom. The van der Waals surface area contributed by atoms with Crippen molar-refractivity contribution in [3.8, 4) is 5.75 Å². The van der Waals surface area contributed by atoms with Gasteiger partial charge in [-0.25, -0.2) is 9.98 Å². The van der Waals surface area contributed by atoms with Gasteiger partial charge in [0, 0.05) is 36.3 Å². The maximum atomic E-state index is 13.3. The first-order valence-electron chi connectivity index (χ1n) is 12.5. The van der Waals surface area contributed by atoms with E-state index >= 15 is 0 Å². The number of benzene rings is 2. The van der Waals surface area contributed by atoms with Crippen molar-refractivity contribution in [2.75, 3.05) is 30.3 Å². The summed E-state index contributed by atoms with van der Waals surface area (Å²) < 4.78 is 5.57. The zero-order valence-corrected chi connectivity index (χ0v) is 23.2. The summed E-state index contributed by atoms with van der Waals surface area (Å²) in [6.07, 6.45) is 2.02. The number of aromatic nitrogens is 1. The molecule has 0 saturated carbocycles. The first kappa shape index (κ1) is 28.8. The van der Waals surface area contributed by atoms with E-state index in [1.807, 2.05) is 6.92 Å². The number of nitrogens with zero attached hydrogens (tertiary/aromatic N) is 4. The molecule has 2 amide bonds. The lowest BCUT2D eigenvalue weighted by Gasteiger charge is -2.17. The second-order valence-corrected chi connectivity index (χ2v) is 10.3. The number of amides is 2. The smallest absolute Gasteiger partial charge is 0.287 e. The lowest BCUT2D eigenvalue weighted by molar-refractivity contribution is -0.385. The Morgan fingerprint density at radius 2 is 1.93 bits per heavy atom. The van der Waals surface area contributed by atoms with Crippen molar-refractivity contribution in [2.24, 2.45) is 4.99 Å². The van der Waals surface area contributed by atoms with Crippen LogP contribution in [0.25, 0.3) is 0 Å². The van der Waals surface area contributed by atoms with Crippen LogP contribution in [0.5, 0.6) is 5.75 Å². The fraction of sp³-hybridized carbons (Fsp3) is 0.259. The highest BCUT2D eigenvalue weighted by Crippen LogP contribution is 2.32. The van der Waals surface area contributed by atoms with Gasteiger partial charge in [0.05, 0.1) is 17.2 Å². The SMILES string of the molecule is CCCOc1ccc(NC(=O)CC2SC(=Nc3ccc(Cl)cc3)N(CCNc3ccc([N+](=O)[O-])cn3)C2=O)cc1. The van der Waals surface area contributed by atoms with Crippen molar-refractivity contribution in [3.05, 3.63) is 82.0 Å². The monoisotopic (exact) mass is 582 g/mol. The van der Waals surface area contributed by atoms with Crippen LogP contribution in [0.1, 0.15) is 19.8 Å². The second-order valence-electron chi connectivity index (χ2n) is 8.68. The number of pyridine rings is 1. The first-order chi connectivity index (χ1) is 19.3. The molecule has 2 N–H and O–H groups in total. The Labute approximate surface area is 240 Å². The number of rotatable bonds is 12. The van der Waals surface area contributed by atoms with Gasteiger partial charge >= 0.3 is 0 Å². The average Bonchev–Trinajstić information content (AvgIpc) is 3.23. The molecule has 1 atom stereocenters. The lowest BCUT2D eigenvalue weighted by atomic mass is 10.2.